The Labute approximate surface area is 75.5 Å². The van der Waals surface area contributed by atoms with E-state index < -0.39 is 9.28 Å². The van der Waals surface area contributed by atoms with Crippen molar-refractivity contribution in [2.24, 2.45) is 0 Å². The monoisotopic (exact) mass is 190 g/mol. The van der Waals surface area contributed by atoms with Gasteiger partial charge in [-0.2, -0.15) is 0 Å². The van der Waals surface area contributed by atoms with Gasteiger partial charge in [0.05, 0.1) is 6.17 Å². The second kappa shape index (κ2) is 4.93. The summed E-state index contributed by atoms with van der Waals surface area (Å²) in [6, 6.07) is 0. The molecule has 1 rings (SSSR count). The zero-order chi connectivity index (χ0) is 8.97. The molecule has 0 bridgehead atoms. The van der Waals surface area contributed by atoms with E-state index in [1.165, 1.54) is 0 Å². The number of rotatable bonds is 4. The summed E-state index contributed by atoms with van der Waals surface area (Å²) in [7, 11) is 1.99. The summed E-state index contributed by atoms with van der Waals surface area (Å²) in [6.07, 6.45) is 0.376. The second-order valence-corrected chi connectivity index (χ2v) is 5.82. The van der Waals surface area contributed by atoms with Crippen LogP contribution in [0, 0.1) is 0 Å². The van der Waals surface area contributed by atoms with Crippen molar-refractivity contribution in [3.63, 3.8) is 0 Å². The van der Waals surface area contributed by atoms with Crippen molar-refractivity contribution in [1.29, 1.82) is 0 Å². The molecular formula is C7H18N2O2Si. The van der Waals surface area contributed by atoms with Gasteiger partial charge in [0, 0.05) is 32.9 Å². The van der Waals surface area contributed by atoms with E-state index in [0.29, 0.717) is 11.7 Å². The molecule has 0 radical (unpaired) electrons. The molecule has 0 aromatic carbocycles. The number of nitrogens with one attached hydrogen (secondary N) is 2. The third kappa shape index (κ3) is 2.27. The molecule has 1 unspecified atom stereocenters. The molecule has 5 heteroatoms. The highest BCUT2D eigenvalue weighted by Gasteiger charge is 2.29. The third-order valence-corrected chi connectivity index (χ3v) is 4.45. The Hall–Kier alpha value is 0.0569. The summed E-state index contributed by atoms with van der Waals surface area (Å²) >= 11 is 0. The minimum absolute atomic E-state index is 0.376. The molecule has 1 aliphatic heterocycles. The quantitative estimate of drug-likeness (QED) is 0.582. The van der Waals surface area contributed by atoms with Gasteiger partial charge in [0.1, 0.15) is 0 Å². The maximum atomic E-state index is 5.31. The maximum absolute atomic E-state index is 5.31. The van der Waals surface area contributed by atoms with Gasteiger partial charge in [0.2, 0.25) is 0 Å². The summed E-state index contributed by atoms with van der Waals surface area (Å²) in [5.74, 6) is 0. The van der Waals surface area contributed by atoms with E-state index in [1.807, 2.05) is 0 Å². The van der Waals surface area contributed by atoms with E-state index in [0.717, 1.165) is 13.1 Å². The van der Waals surface area contributed by atoms with E-state index in [9.17, 15) is 0 Å². The predicted octanol–water partition coefficient (Wildman–Crippen LogP) is -0.591. The third-order valence-electron chi connectivity index (χ3n) is 2.27. The van der Waals surface area contributed by atoms with Crippen LogP contribution in [0.5, 0.6) is 0 Å². The molecule has 0 aromatic heterocycles. The van der Waals surface area contributed by atoms with E-state index in [1.54, 1.807) is 14.2 Å². The Balaban J connectivity index is 2.37. The van der Waals surface area contributed by atoms with E-state index in [-0.39, 0.29) is 0 Å². The van der Waals surface area contributed by atoms with Gasteiger partial charge in [-0.25, -0.2) is 0 Å². The fraction of sp³-hybridized carbons (Fsp3) is 1.00. The highest BCUT2D eigenvalue weighted by atomic mass is 28.3. The molecule has 0 saturated carbocycles. The molecule has 0 aliphatic carbocycles. The SMILES string of the molecule is CO[SiH](OC)C(C)C1NCCN1. The van der Waals surface area contributed by atoms with Crippen LogP contribution in [0.2, 0.25) is 5.54 Å². The van der Waals surface area contributed by atoms with Crippen LogP contribution < -0.4 is 10.6 Å². The number of hydrogen-bond acceptors (Lipinski definition) is 4. The zero-order valence-corrected chi connectivity index (χ0v) is 9.12. The van der Waals surface area contributed by atoms with Crippen molar-refractivity contribution in [2.75, 3.05) is 27.3 Å². The summed E-state index contributed by atoms with van der Waals surface area (Å²) in [5.41, 5.74) is 0.461. The van der Waals surface area contributed by atoms with Crippen LogP contribution in [0.3, 0.4) is 0 Å². The molecule has 0 amide bonds. The number of hydrogen-bond donors (Lipinski definition) is 2. The molecule has 1 atom stereocenters. The van der Waals surface area contributed by atoms with Crippen molar-refractivity contribution in [3.8, 4) is 0 Å². The highest BCUT2D eigenvalue weighted by Crippen LogP contribution is 2.15. The molecule has 4 nitrogen and oxygen atoms in total. The second-order valence-electron chi connectivity index (χ2n) is 3.08. The van der Waals surface area contributed by atoms with E-state index in [4.69, 9.17) is 8.85 Å². The minimum atomic E-state index is -1.46. The minimum Gasteiger partial charge on any atom is -0.400 e. The molecule has 0 aromatic rings. The molecule has 12 heavy (non-hydrogen) atoms. The van der Waals surface area contributed by atoms with Crippen molar-refractivity contribution >= 4 is 9.28 Å². The lowest BCUT2D eigenvalue weighted by atomic mass is 10.4. The van der Waals surface area contributed by atoms with Crippen LogP contribution in [0.15, 0.2) is 0 Å². The molecule has 0 spiro atoms. The van der Waals surface area contributed by atoms with Gasteiger partial charge in [-0.15, -0.1) is 0 Å². The Morgan fingerprint density at radius 2 is 1.75 bits per heavy atom. The van der Waals surface area contributed by atoms with E-state index in [2.05, 4.69) is 17.6 Å². The summed E-state index contributed by atoms with van der Waals surface area (Å²) in [6.45, 7) is 4.26. The van der Waals surface area contributed by atoms with Gasteiger partial charge in [-0.1, -0.05) is 6.92 Å². The van der Waals surface area contributed by atoms with Gasteiger partial charge < -0.3 is 19.5 Å². The Morgan fingerprint density at radius 1 is 1.25 bits per heavy atom. The van der Waals surface area contributed by atoms with Crippen LogP contribution >= 0.6 is 0 Å². The van der Waals surface area contributed by atoms with Gasteiger partial charge >= 0.3 is 9.28 Å². The highest BCUT2D eigenvalue weighted by molar-refractivity contribution is 6.46. The van der Waals surface area contributed by atoms with Crippen molar-refractivity contribution in [3.05, 3.63) is 0 Å². The first-order valence-corrected chi connectivity index (χ1v) is 5.93. The smallest absolute Gasteiger partial charge is 0.326 e. The zero-order valence-electron chi connectivity index (χ0n) is 7.96. The molecule has 1 fully saturated rings. The van der Waals surface area contributed by atoms with E-state index >= 15 is 0 Å². The molecule has 1 aliphatic rings. The topological polar surface area (TPSA) is 42.5 Å². The normalized spacial score (nSPS) is 22.0. The lowest BCUT2D eigenvalue weighted by molar-refractivity contribution is 0.256. The summed E-state index contributed by atoms with van der Waals surface area (Å²) in [4.78, 5) is 0. The predicted molar refractivity (Wildman–Crippen MR) is 50.4 cm³/mol. The standard InChI is InChI=1S/C7H18N2O2Si/c1-6(12(10-2)11-3)7-8-4-5-9-7/h6-9,12H,4-5H2,1-3H3. The molecule has 1 saturated heterocycles. The van der Waals surface area contributed by atoms with Gasteiger partial charge in [0.15, 0.2) is 0 Å². The first kappa shape index (κ1) is 10.1. The Kier molecular flexibility index (Phi) is 4.17. The average molecular weight is 190 g/mol. The molecule has 2 N–H and O–H groups in total. The first-order chi connectivity index (χ1) is 5.79. The van der Waals surface area contributed by atoms with Crippen LogP contribution in [-0.2, 0) is 8.85 Å². The van der Waals surface area contributed by atoms with Crippen LogP contribution in [-0.4, -0.2) is 42.8 Å². The fourth-order valence-electron chi connectivity index (χ4n) is 1.58. The summed E-state index contributed by atoms with van der Waals surface area (Å²) in [5, 5.41) is 6.74. The van der Waals surface area contributed by atoms with Gasteiger partial charge in [0.25, 0.3) is 0 Å². The lowest BCUT2D eigenvalue weighted by Gasteiger charge is -2.24. The van der Waals surface area contributed by atoms with Crippen LogP contribution in [0.1, 0.15) is 6.92 Å². The van der Waals surface area contributed by atoms with Crippen LogP contribution in [0.4, 0.5) is 0 Å². The molecule has 1 heterocycles. The fourth-order valence-corrected chi connectivity index (χ4v) is 3.22. The molecular weight excluding hydrogens is 172 g/mol. The largest absolute Gasteiger partial charge is 0.400 e. The summed E-state index contributed by atoms with van der Waals surface area (Å²) < 4.78 is 10.6. The first-order valence-electron chi connectivity index (χ1n) is 4.32. The van der Waals surface area contributed by atoms with Crippen molar-refractivity contribution in [1.82, 2.24) is 10.6 Å². The average Bonchev–Trinajstić information content (AvgIpc) is 2.58. The van der Waals surface area contributed by atoms with Gasteiger partial charge in [-0.05, 0) is 0 Å². The van der Waals surface area contributed by atoms with Crippen LogP contribution in [0.25, 0.3) is 0 Å². The maximum Gasteiger partial charge on any atom is 0.326 e. The Morgan fingerprint density at radius 3 is 2.17 bits per heavy atom. The molecule has 72 valence electrons. The van der Waals surface area contributed by atoms with Crippen molar-refractivity contribution in [2.45, 2.75) is 18.6 Å². The lowest BCUT2D eigenvalue weighted by Crippen LogP contribution is -2.43. The Bertz CT molecular complexity index is 125. The van der Waals surface area contributed by atoms with Crippen molar-refractivity contribution < 1.29 is 8.85 Å². The van der Waals surface area contributed by atoms with Gasteiger partial charge in [-0.3, -0.25) is 0 Å².